The lowest BCUT2D eigenvalue weighted by atomic mass is 9.67. The zero-order chi connectivity index (χ0) is 24.5. The summed E-state index contributed by atoms with van der Waals surface area (Å²) in [6, 6.07) is 8.06. The number of hydrogen-bond acceptors (Lipinski definition) is 8. The number of nitrogens with one attached hydrogen (secondary N) is 1. The van der Waals surface area contributed by atoms with Gasteiger partial charge in [-0.05, 0) is 74.8 Å². The molecule has 7 nitrogen and oxygen atoms in total. The Balaban J connectivity index is 1.57. The molecule has 1 fully saturated rings. The minimum Gasteiger partial charge on any atom is -0.466 e. The van der Waals surface area contributed by atoms with Gasteiger partial charge in [-0.1, -0.05) is 19.9 Å². The van der Waals surface area contributed by atoms with Crippen LogP contribution in [0, 0.1) is 31.6 Å². The van der Waals surface area contributed by atoms with Crippen LogP contribution in [0.15, 0.2) is 36.7 Å². The molecule has 1 saturated carbocycles. The van der Waals surface area contributed by atoms with Crippen LogP contribution in [0.1, 0.15) is 49.9 Å². The smallest absolute Gasteiger partial charge is 0.309 e. The Hall–Kier alpha value is -2.84. The molecule has 180 valence electrons. The summed E-state index contributed by atoms with van der Waals surface area (Å²) in [7, 11) is 0. The molecule has 0 aliphatic heterocycles. The molecular weight excluding hydrogens is 448 g/mol. The highest BCUT2D eigenvalue weighted by molar-refractivity contribution is 7.15. The molecule has 0 unspecified atom stereocenters. The van der Waals surface area contributed by atoms with Crippen LogP contribution in [-0.4, -0.2) is 32.6 Å². The molecule has 0 spiro atoms. The Morgan fingerprint density at radius 3 is 2.79 bits per heavy atom. The maximum atomic E-state index is 12.4. The number of aromatic nitrogens is 3. The number of nitrogens with zero attached hydrogens (tertiary/aromatic N) is 3. The van der Waals surface area contributed by atoms with Crippen molar-refractivity contribution in [3.8, 4) is 10.4 Å². The molecule has 4 atom stereocenters. The number of benzene rings is 1. The molecule has 0 saturated heterocycles. The standard InChI is InChI=1S/C26H32N4O3S/c1-6-33-23(31)21-11-17(4)26(32,13-16(21)3)24-28-14-22(34-24)19-9-15(2)10-20(12-19)30-25-27-8-7-18(5)29-25/h7-10,12,14,16-17,21,32H,6,11,13H2,1-5H3,(H,27,29,30)/t16-,17+,21+,26+/m0/s1. The fourth-order valence-electron chi connectivity index (χ4n) is 4.76. The van der Waals surface area contributed by atoms with Crippen LogP contribution < -0.4 is 5.32 Å². The maximum absolute atomic E-state index is 12.4. The predicted octanol–water partition coefficient (Wildman–Crippen LogP) is 5.39. The highest BCUT2D eigenvalue weighted by atomic mass is 32.1. The van der Waals surface area contributed by atoms with Crippen LogP contribution in [0.25, 0.3) is 10.4 Å². The molecular formula is C26H32N4O3S. The Kier molecular flexibility index (Phi) is 7.00. The fraction of sp³-hybridized carbons (Fsp3) is 0.462. The number of carbonyl (C=O) groups excluding carboxylic acids is 1. The number of aliphatic hydroxyl groups is 1. The van der Waals surface area contributed by atoms with E-state index >= 15 is 0 Å². The quantitative estimate of drug-likeness (QED) is 0.456. The molecule has 0 bridgehead atoms. The van der Waals surface area contributed by atoms with Gasteiger partial charge in [-0.25, -0.2) is 15.0 Å². The van der Waals surface area contributed by atoms with Crippen molar-refractivity contribution in [2.45, 2.75) is 53.1 Å². The van der Waals surface area contributed by atoms with Crippen molar-refractivity contribution in [3.05, 3.63) is 52.9 Å². The van der Waals surface area contributed by atoms with Crippen molar-refractivity contribution in [1.82, 2.24) is 15.0 Å². The second-order valence-electron chi connectivity index (χ2n) is 9.36. The lowest BCUT2D eigenvalue weighted by Crippen LogP contribution is -2.45. The monoisotopic (exact) mass is 480 g/mol. The van der Waals surface area contributed by atoms with Crippen LogP contribution in [-0.2, 0) is 15.1 Å². The summed E-state index contributed by atoms with van der Waals surface area (Å²) in [5.41, 5.74) is 2.84. The minimum atomic E-state index is -1.06. The summed E-state index contributed by atoms with van der Waals surface area (Å²) in [5.74, 6) is 0.101. The van der Waals surface area contributed by atoms with Crippen LogP contribution in [0.4, 0.5) is 11.6 Å². The van der Waals surface area contributed by atoms with E-state index < -0.39 is 5.60 Å². The Labute approximate surface area is 204 Å². The van der Waals surface area contributed by atoms with E-state index in [0.717, 1.165) is 27.4 Å². The number of hydrogen-bond donors (Lipinski definition) is 2. The van der Waals surface area contributed by atoms with Gasteiger partial charge in [0.1, 0.15) is 10.6 Å². The van der Waals surface area contributed by atoms with Gasteiger partial charge in [0.25, 0.3) is 0 Å². The molecule has 1 aromatic carbocycles. The summed E-state index contributed by atoms with van der Waals surface area (Å²) in [5, 5.41) is 15.6. The van der Waals surface area contributed by atoms with Crippen molar-refractivity contribution < 1.29 is 14.6 Å². The van der Waals surface area contributed by atoms with Crippen LogP contribution in [0.2, 0.25) is 0 Å². The zero-order valence-corrected chi connectivity index (χ0v) is 21.1. The number of ether oxygens (including phenoxy) is 1. The second-order valence-corrected chi connectivity index (χ2v) is 10.4. The van der Waals surface area contributed by atoms with Crippen LogP contribution in [0.3, 0.4) is 0 Å². The highest BCUT2D eigenvalue weighted by Gasteiger charge is 2.48. The second kappa shape index (κ2) is 9.80. The lowest BCUT2D eigenvalue weighted by molar-refractivity contribution is -0.158. The van der Waals surface area contributed by atoms with Crippen LogP contribution in [0.5, 0.6) is 0 Å². The Bertz CT molecular complexity index is 1180. The van der Waals surface area contributed by atoms with Crippen molar-refractivity contribution >= 4 is 28.9 Å². The first-order valence-electron chi connectivity index (χ1n) is 11.7. The van der Waals surface area contributed by atoms with Gasteiger partial charge in [0, 0.05) is 23.8 Å². The van der Waals surface area contributed by atoms with E-state index in [1.54, 1.807) is 6.20 Å². The van der Waals surface area contributed by atoms with Crippen molar-refractivity contribution in [3.63, 3.8) is 0 Å². The van der Waals surface area contributed by atoms with E-state index in [2.05, 4.69) is 26.3 Å². The minimum absolute atomic E-state index is 0.0108. The number of thiazole rings is 1. The molecule has 1 aliphatic carbocycles. The van der Waals surface area contributed by atoms with Crippen molar-refractivity contribution in [1.29, 1.82) is 0 Å². The molecule has 0 radical (unpaired) electrons. The predicted molar refractivity (Wildman–Crippen MR) is 134 cm³/mol. The SMILES string of the molecule is CCOC(=O)[C@@H]1C[C@@H](C)[C@@](O)(c2ncc(-c3cc(C)cc(Nc4nccc(C)n4)c3)s2)C[C@@H]1C. The van der Waals surface area contributed by atoms with Gasteiger partial charge in [-0.2, -0.15) is 0 Å². The molecule has 8 heteroatoms. The normalized spacial score (nSPS) is 24.6. The molecule has 0 amide bonds. The lowest BCUT2D eigenvalue weighted by Gasteiger charge is -2.42. The third-order valence-corrected chi connectivity index (χ3v) is 7.83. The zero-order valence-electron chi connectivity index (χ0n) is 20.3. The molecule has 4 rings (SSSR count). The Morgan fingerprint density at radius 1 is 1.26 bits per heavy atom. The molecule has 2 N–H and O–H groups in total. The molecule has 3 aromatic rings. The van der Waals surface area contributed by atoms with E-state index in [9.17, 15) is 9.90 Å². The van der Waals surface area contributed by atoms with Gasteiger partial charge in [0.2, 0.25) is 5.95 Å². The largest absolute Gasteiger partial charge is 0.466 e. The average Bonchev–Trinajstić information content (AvgIpc) is 3.27. The van der Waals surface area contributed by atoms with Crippen molar-refractivity contribution in [2.75, 3.05) is 11.9 Å². The number of aryl methyl sites for hydroxylation is 2. The topological polar surface area (TPSA) is 97.2 Å². The Morgan fingerprint density at radius 2 is 2.06 bits per heavy atom. The first kappa shape index (κ1) is 24.3. The van der Waals surface area contributed by atoms with E-state index in [1.807, 2.05) is 59.0 Å². The summed E-state index contributed by atoms with van der Waals surface area (Å²) in [6.45, 7) is 10.2. The van der Waals surface area contributed by atoms with Gasteiger partial charge in [0.05, 0.1) is 17.4 Å². The number of rotatable bonds is 6. The molecule has 2 aromatic heterocycles. The number of anilines is 2. The van der Waals surface area contributed by atoms with E-state index in [-0.39, 0.29) is 23.7 Å². The van der Waals surface area contributed by atoms with E-state index in [4.69, 9.17) is 4.74 Å². The molecule has 34 heavy (non-hydrogen) atoms. The summed E-state index contributed by atoms with van der Waals surface area (Å²) >= 11 is 1.51. The van der Waals surface area contributed by atoms with Gasteiger partial charge in [0.15, 0.2) is 0 Å². The first-order chi connectivity index (χ1) is 16.2. The summed E-state index contributed by atoms with van der Waals surface area (Å²) < 4.78 is 5.26. The maximum Gasteiger partial charge on any atom is 0.309 e. The third-order valence-electron chi connectivity index (χ3n) is 6.62. The fourth-order valence-corrected chi connectivity index (χ4v) is 5.88. The summed E-state index contributed by atoms with van der Waals surface area (Å²) in [4.78, 5) is 26.7. The first-order valence-corrected chi connectivity index (χ1v) is 12.5. The third kappa shape index (κ3) is 4.98. The van der Waals surface area contributed by atoms with Crippen LogP contribution >= 0.6 is 11.3 Å². The van der Waals surface area contributed by atoms with Crippen molar-refractivity contribution in [2.24, 2.45) is 17.8 Å². The molecule has 2 heterocycles. The highest BCUT2D eigenvalue weighted by Crippen LogP contribution is 2.48. The van der Waals surface area contributed by atoms with Gasteiger partial charge < -0.3 is 15.2 Å². The van der Waals surface area contributed by atoms with Gasteiger partial charge in [-0.15, -0.1) is 11.3 Å². The van der Waals surface area contributed by atoms with E-state index in [1.165, 1.54) is 11.3 Å². The van der Waals surface area contributed by atoms with Gasteiger partial charge >= 0.3 is 5.97 Å². The van der Waals surface area contributed by atoms with E-state index in [0.29, 0.717) is 30.4 Å². The molecule has 1 aliphatic rings. The number of esters is 1. The van der Waals surface area contributed by atoms with Gasteiger partial charge in [-0.3, -0.25) is 4.79 Å². The number of carbonyl (C=O) groups is 1. The average molecular weight is 481 g/mol. The summed E-state index contributed by atoms with van der Waals surface area (Å²) in [6.07, 6.45) is 4.63.